The molecule has 0 fully saturated rings. The highest BCUT2D eigenvalue weighted by Crippen LogP contribution is 2.26. The molecule has 2 rings (SSSR count). The number of nitrogens with zero attached hydrogens (tertiary/aromatic N) is 2. The van der Waals surface area contributed by atoms with Gasteiger partial charge in [0, 0.05) is 11.4 Å². The zero-order valence-corrected chi connectivity index (χ0v) is 12.2. The number of nitrogens with one attached hydrogen (secondary N) is 1. The van der Waals surface area contributed by atoms with Crippen molar-refractivity contribution in [1.82, 2.24) is 4.98 Å². The molecule has 0 amide bonds. The maximum atomic E-state index is 9.31. The molecule has 3 nitrogen and oxygen atoms in total. The minimum atomic E-state index is 0.613. The van der Waals surface area contributed by atoms with Crippen molar-refractivity contribution in [3.8, 4) is 6.07 Å². The Balaban J connectivity index is 2.43. The standard InChI is InChI=1S/C17H19N3/c1-4-7-14-8-5-6-9-16(14)20-17-10-12(2)19-13(3)15(17)11-18/h5-6,8-10H,4,7H2,1-3H3,(H,19,20). The van der Waals surface area contributed by atoms with Crippen molar-refractivity contribution in [2.45, 2.75) is 33.6 Å². The Morgan fingerprint density at radius 2 is 1.95 bits per heavy atom. The maximum absolute atomic E-state index is 9.31. The first-order valence-electron chi connectivity index (χ1n) is 6.89. The fourth-order valence-corrected chi connectivity index (χ4v) is 2.34. The lowest BCUT2D eigenvalue weighted by molar-refractivity contribution is 0.923. The first-order chi connectivity index (χ1) is 9.65. The highest BCUT2D eigenvalue weighted by atomic mass is 14.9. The van der Waals surface area contributed by atoms with E-state index in [4.69, 9.17) is 0 Å². The topological polar surface area (TPSA) is 48.7 Å². The van der Waals surface area contributed by atoms with Crippen molar-refractivity contribution < 1.29 is 0 Å². The average molecular weight is 265 g/mol. The lowest BCUT2D eigenvalue weighted by Gasteiger charge is -2.14. The molecule has 0 unspecified atom stereocenters. The molecule has 3 heteroatoms. The van der Waals surface area contributed by atoms with E-state index in [9.17, 15) is 5.26 Å². The van der Waals surface area contributed by atoms with Crippen LogP contribution in [0.3, 0.4) is 0 Å². The molecule has 0 spiro atoms. The molecule has 20 heavy (non-hydrogen) atoms. The summed E-state index contributed by atoms with van der Waals surface area (Å²) in [6.45, 7) is 5.98. The van der Waals surface area contributed by atoms with Crippen molar-refractivity contribution in [2.75, 3.05) is 5.32 Å². The monoisotopic (exact) mass is 265 g/mol. The van der Waals surface area contributed by atoms with Crippen LogP contribution in [0.25, 0.3) is 0 Å². The molecule has 0 radical (unpaired) electrons. The van der Waals surface area contributed by atoms with E-state index in [1.165, 1.54) is 5.56 Å². The highest BCUT2D eigenvalue weighted by molar-refractivity contribution is 5.69. The first kappa shape index (κ1) is 14.1. The van der Waals surface area contributed by atoms with Gasteiger partial charge in [-0.05, 0) is 38.0 Å². The molecular weight excluding hydrogens is 246 g/mol. The number of anilines is 2. The van der Waals surface area contributed by atoms with Gasteiger partial charge >= 0.3 is 0 Å². The lowest BCUT2D eigenvalue weighted by atomic mass is 10.1. The number of pyridine rings is 1. The van der Waals surface area contributed by atoms with Crippen LogP contribution in [0.4, 0.5) is 11.4 Å². The summed E-state index contributed by atoms with van der Waals surface area (Å²) < 4.78 is 0. The quantitative estimate of drug-likeness (QED) is 0.898. The summed E-state index contributed by atoms with van der Waals surface area (Å²) in [5.74, 6) is 0. The predicted molar refractivity (Wildman–Crippen MR) is 82.1 cm³/mol. The number of rotatable bonds is 4. The molecule has 1 aromatic carbocycles. The number of hydrogen-bond donors (Lipinski definition) is 1. The smallest absolute Gasteiger partial charge is 0.103 e. The minimum Gasteiger partial charge on any atom is -0.354 e. The Morgan fingerprint density at radius 3 is 2.65 bits per heavy atom. The van der Waals surface area contributed by atoms with Gasteiger partial charge in [0.05, 0.1) is 16.9 Å². The van der Waals surface area contributed by atoms with Crippen molar-refractivity contribution in [2.24, 2.45) is 0 Å². The molecule has 1 heterocycles. The summed E-state index contributed by atoms with van der Waals surface area (Å²) in [5, 5.41) is 12.7. The van der Waals surface area contributed by atoms with Crippen molar-refractivity contribution in [3.05, 3.63) is 52.8 Å². The molecule has 0 aliphatic rings. The second-order valence-electron chi connectivity index (χ2n) is 4.92. The van der Waals surface area contributed by atoms with Gasteiger partial charge in [-0.3, -0.25) is 4.98 Å². The number of hydrogen-bond acceptors (Lipinski definition) is 3. The maximum Gasteiger partial charge on any atom is 0.103 e. The van der Waals surface area contributed by atoms with E-state index in [0.29, 0.717) is 5.56 Å². The van der Waals surface area contributed by atoms with Crippen molar-refractivity contribution in [1.29, 1.82) is 5.26 Å². The molecule has 2 aromatic rings. The number of aromatic nitrogens is 1. The van der Waals surface area contributed by atoms with E-state index in [0.717, 1.165) is 35.6 Å². The Kier molecular flexibility index (Phi) is 4.37. The number of benzene rings is 1. The SMILES string of the molecule is CCCc1ccccc1Nc1cc(C)nc(C)c1C#N. The number of nitriles is 1. The van der Waals surface area contributed by atoms with Gasteiger partial charge in [-0.25, -0.2) is 0 Å². The summed E-state index contributed by atoms with van der Waals surface area (Å²) >= 11 is 0. The van der Waals surface area contributed by atoms with Gasteiger partial charge in [0.1, 0.15) is 6.07 Å². The fraction of sp³-hybridized carbons (Fsp3) is 0.294. The second-order valence-corrected chi connectivity index (χ2v) is 4.92. The molecule has 0 aliphatic heterocycles. The van der Waals surface area contributed by atoms with Gasteiger partial charge in [0.2, 0.25) is 0 Å². The normalized spacial score (nSPS) is 10.1. The Hall–Kier alpha value is -2.34. The van der Waals surface area contributed by atoms with Crippen LogP contribution < -0.4 is 5.32 Å². The summed E-state index contributed by atoms with van der Waals surface area (Å²) in [5.41, 5.74) is 5.46. The third-order valence-electron chi connectivity index (χ3n) is 3.25. The van der Waals surface area contributed by atoms with Gasteiger partial charge in [-0.1, -0.05) is 31.5 Å². The van der Waals surface area contributed by atoms with E-state index in [2.05, 4.69) is 35.4 Å². The lowest BCUT2D eigenvalue weighted by Crippen LogP contribution is -2.01. The zero-order valence-electron chi connectivity index (χ0n) is 12.2. The van der Waals surface area contributed by atoms with Gasteiger partial charge in [0.25, 0.3) is 0 Å². The van der Waals surface area contributed by atoms with Crippen LogP contribution in [-0.2, 0) is 6.42 Å². The zero-order chi connectivity index (χ0) is 14.5. The molecule has 0 aliphatic carbocycles. The van der Waals surface area contributed by atoms with E-state index in [-0.39, 0.29) is 0 Å². The van der Waals surface area contributed by atoms with Crippen LogP contribution in [0, 0.1) is 25.2 Å². The summed E-state index contributed by atoms with van der Waals surface area (Å²) in [6, 6.07) is 12.4. The third kappa shape index (κ3) is 2.97. The Morgan fingerprint density at radius 1 is 1.20 bits per heavy atom. The van der Waals surface area contributed by atoms with Crippen LogP contribution >= 0.6 is 0 Å². The van der Waals surface area contributed by atoms with Crippen LogP contribution in [0.2, 0.25) is 0 Å². The van der Waals surface area contributed by atoms with Crippen molar-refractivity contribution >= 4 is 11.4 Å². The Labute approximate surface area is 120 Å². The molecule has 0 atom stereocenters. The minimum absolute atomic E-state index is 0.613. The highest BCUT2D eigenvalue weighted by Gasteiger charge is 2.09. The van der Waals surface area contributed by atoms with Gasteiger partial charge in [0.15, 0.2) is 0 Å². The molecule has 1 aromatic heterocycles. The van der Waals surface area contributed by atoms with Crippen LogP contribution in [0.15, 0.2) is 30.3 Å². The molecule has 0 saturated heterocycles. The van der Waals surface area contributed by atoms with E-state index < -0.39 is 0 Å². The fourth-order valence-electron chi connectivity index (χ4n) is 2.34. The van der Waals surface area contributed by atoms with E-state index in [1.807, 2.05) is 32.0 Å². The largest absolute Gasteiger partial charge is 0.354 e. The summed E-state index contributed by atoms with van der Waals surface area (Å²) in [7, 11) is 0. The molecule has 1 N–H and O–H groups in total. The number of aryl methyl sites for hydroxylation is 3. The summed E-state index contributed by atoms with van der Waals surface area (Å²) in [6.07, 6.45) is 2.12. The Bertz CT molecular complexity index is 654. The van der Waals surface area contributed by atoms with Crippen LogP contribution in [-0.4, -0.2) is 4.98 Å². The van der Waals surface area contributed by atoms with Crippen LogP contribution in [0.5, 0.6) is 0 Å². The number of para-hydroxylation sites is 1. The molecular formula is C17H19N3. The second kappa shape index (κ2) is 6.21. The molecule has 0 saturated carbocycles. The van der Waals surface area contributed by atoms with Crippen LogP contribution in [0.1, 0.15) is 35.9 Å². The molecule has 0 bridgehead atoms. The average Bonchev–Trinajstić information content (AvgIpc) is 2.41. The van der Waals surface area contributed by atoms with Gasteiger partial charge in [-0.2, -0.15) is 5.26 Å². The van der Waals surface area contributed by atoms with Gasteiger partial charge in [-0.15, -0.1) is 0 Å². The van der Waals surface area contributed by atoms with E-state index >= 15 is 0 Å². The van der Waals surface area contributed by atoms with Crippen molar-refractivity contribution in [3.63, 3.8) is 0 Å². The third-order valence-corrected chi connectivity index (χ3v) is 3.25. The van der Waals surface area contributed by atoms with Gasteiger partial charge < -0.3 is 5.32 Å². The predicted octanol–water partition coefficient (Wildman–Crippen LogP) is 4.27. The van der Waals surface area contributed by atoms with E-state index in [1.54, 1.807) is 0 Å². The summed E-state index contributed by atoms with van der Waals surface area (Å²) in [4.78, 5) is 4.34. The first-order valence-corrected chi connectivity index (χ1v) is 6.89. The molecule has 102 valence electrons.